The molecule has 1 aromatic carbocycles. The van der Waals surface area contributed by atoms with Crippen LogP contribution in [0.15, 0.2) is 18.2 Å². The van der Waals surface area contributed by atoms with Crippen LogP contribution in [-0.2, 0) is 16.1 Å². The van der Waals surface area contributed by atoms with Gasteiger partial charge in [-0.1, -0.05) is 18.2 Å². The van der Waals surface area contributed by atoms with Crippen molar-refractivity contribution in [1.82, 2.24) is 5.32 Å². The normalized spacial score (nSPS) is 18.8. The zero-order valence-corrected chi connectivity index (χ0v) is 8.83. The maximum atomic E-state index is 11.6. The molecule has 0 aliphatic carbocycles. The van der Waals surface area contributed by atoms with Crippen molar-refractivity contribution >= 4 is 11.6 Å². The highest BCUT2D eigenvalue weighted by atomic mass is 16.5. The van der Waals surface area contributed by atoms with E-state index in [1.165, 1.54) is 0 Å². The molecular formula is C11H14N2O2. The lowest BCUT2D eigenvalue weighted by molar-refractivity contribution is -0.117. The number of hydrogen-bond acceptors (Lipinski definition) is 3. The minimum atomic E-state index is -0.239. The first-order valence-corrected chi connectivity index (χ1v) is 4.86. The first-order valence-electron chi connectivity index (χ1n) is 4.86. The Labute approximate surface area is 88.6 Å². The summed E-state index contributed by atoms with van der Waals surface area (Å²) in [6.07, 6.45) is 0. The van der Waals surface area contributed by atoms with Gasteiger partial charge in [0.25, 0.3) is 0 Å². The molecule has 2 N–H and O–H groups in total. The number of anilines is 1. The molecule has 1 aromatic rings. The maximum Gasteiger partial charge on any atom is 0.246 e. The topological polar surface area (TPSA) is 50.4 Å². The number of fused-ring (bicyclic) bond motifs is 1. The second-order valence-electron chi connectivity index (χ2n) is 3.53. The van der Waals surface area contributed by atoms with Crippen LogP contribution >= 0.6 is 0 Å². The molecule has 1 unspecified atom stereocenters. The first kappa shape index (κ1) is 10.1. The van der Waals surface area contributed by atoms with Gasteiger partial charge in [-0.2, -0.15) is 0 Å². The van der Waals surface area contributed by atoms with Crippen LogP contribution in [0, 0.1) is 0 Å². The Hall–Kier alpha value is -1.39. The standard InChI is InChI=1S/C11H14N2O2/c1-12-10-8-5-3-4-7(6-15-2)9(8)13-11(10)14/h3-5,10,12H,6H2,1-2H3,(H,13,14). The molecule has 80 valence electrons. The molecule has 0 fully saturated rings. The Bertz CT molecular complexity index is 390. The minimum Gasteiger partial charge on any atom is -0.380 e. The van der Waals surface area contributed by atoms with Gasteiger partial charge < -0.3 is 15.4 Å². The highest BCUT2D eigenvalue weighted by Crippen LogP contribution is 2.33. The van der Waals surface area contributed by atoms with Crippen molar-refractivity contribution in [2.24, 2.45) is 0 Å². The lowest BCUT2D eigenvalue weighted by Gasteiger charge is -2.08. The summed E-state index contributed by atoms with van der Waals surface area (Å²) >= 11 is 0. The number of likely N-dealkylation sites (N-methyl/N-ethyl adjacent to an activating group) is 1. The zero-order valence-electron chi connectivity index (χ0n) is 8.83. The van der Waals surface area contributed by atoms with Crippen LogP contribution in [0.4, 0.5) is 5.69 Å². The number of carbonyl (C=O) groups excluding carboxylic acids is 1. The van der Waals surface area contributed by atoms with Crippen LogP contribution in [0.1, 0.15) is 17.2 Å². The van der Waals surface area contributed by atoms with Gasteiger partial charge in [0, 0.05) is 18.2 Å². The van der Waals surface area contributed by atoms with Gasteiger partial charge >= 0.3 is 0 Å². The molecule has 0 saturated carbocycles. The van der Waals surface area contributed by atoms with Gasteiger partial charge in [0.15, 0.2) is 0 Å². The largest absolute Gasteiger partial charge is 0.380 e. The monoisotopic (exact) mass is 206 g/mol. The maximum absolute atomic E-state index is 11.6. The summed E-state index contributed by atoms with van der Waals surface area (Å²) in [6, 6.07) is 5.61. The van der Waals surface area contributed by atoms with Crippen LogP contribution in [0.3, 0.4) is 0 Å². The lowest BCUT2D eigenvalue weighted by Crippen LogP contribution is -2.23. The molecule has 1 atom stereocenters. The molecule has 1 aliphatic heterocycles. The van der Waals surface area contributed by atoms with E-state index >= 15 is 0 Å². The third kappa shape index (κ3) is 1.62. The summed E-state index contributed by atoms with van der Waals surface area (Å²) in [5, 5.41) is 5.86. The number of hydrogen-bond donors (Lipinski definition) is 2. The van der Waals surface area contributed by atoms with Gasteiger partial charge in [-0.25, -0.2) is 0 Å². The molecule has 4 nitrogen and oxygen atoms in total. The molecular weight excluding hydrogens is 192 g/mol. The number of ether oxygens (including phenoxy) is 1. The number of rotatable bonds is 3. The van der Waals surface area contributed by atoms with Gasteiger partial charge in [-0.3, -0.25) is 4.79 Å². The molecule has 0 saturated heterocycles. The van der Waals surface area contributed by atoms with Crippen molar-refractivity contribution in [2.45, 2.75) is 12.6 Å². The van der Waals surface area contributed by atoms with Crippen molar-refractivity contribution < 1.29 is 9.53 Å². The van der Waals surface area contributed by atoms with E-state index in [2.05, 4.69) is 10.6 Å². The fourth-order valence-electron chi connectivity index (χ4n) is 1.91. The van der Waals surface area contributed by atoms with E-state index in [0.29, 0.717) is 6.61 Å². The smallest absolute Gasteiger partial charge is 0.246 e. The number of benzene rings is 1. The van der Waals surface area contributed by atoms with Crippen LogP contribution in [0.5, 0.6) is 0 Å². The van der Waals surface area contributed by atoms with Gasteiger partial charge in [0.05, 0.1) is 12.3 Å². The van der Waals surface area contributed by atoms with Crippen molar-refractivity contribution in [3.63, 3.8) is 0 Å². The second kappa shape index (κ2) is 4.00. The van der Waals surface area contributed by atoms with Crippen molar-refractivity contribution in [3.8, 4) is 0 Å². The van der Waals surface area contributed by atoms with Gasteiger partial charge in [0.2, 0.25) is 5.91 Å². The molecule has 1 aliphatic rings. The highest BCUT2D eigenvalue weighted by molar-refractivity contribution is 6.03. The lowest BCUT2D eigenvalue weighted by atomic mass is 10.1. The summed E-state index contributed by atoms with van der Waals surface area (Å²) in [7, 11) is 3.42. The SMILES string of the molecule is CNC1C(=O)Nc2c(COC)cccc21. The summed E-state index contributed by atoms with van der Waals surface area (Å²) in [5.41, 5.74) is 2.90. The van der Waals surface area contributed by atoms with Gasteiger partial charge in [-0.05, 0) is 7.05 Å². The molecule has 15 heavy (non-hydrogen) atoms. The van der Waals surface area contributed by atoms with Crippen molar-refractivity contribution in [2.75, 3.05) is 19.5 Å². The van der Waals surface area contributed by atoms with E-state index in [4.69, 9.17) is 4.74 Å². The number of para-hydroxylation sites is 1. The van der Waals surface area contributed by atoms with E-state index in [9.17, 15) is 4.79 Å². The van der Waals surface area contributed by atoms with Crippen molar-refractivity contribution in [3.05, 3.63) is 29.3 Å². The second-order valence-corrected chi connectivity index (χ2v) is 3.53. The Balaban J connectivity index is 2.42. The quantitative estimate of drug-likeness (QED) is 0.777. The molecule has 4 heteroatoms. The number of nitrogens with one attached hydrogen (secondary N) is 2. The Morgan fingerprint density at radius 3 is 3.00 bits per heavy atom. The average Bonchev–Trinajstić information content (AvgIpc) is 2.55. The highest BCUT2D eigenvalue weighted by Gasteiger charge is 2.30. The van der Waals surface area contributed by atoms with Crippen LogP contribution < -0.4 is 10.6 Å². The fraction of sp³-hybridized carbons (Fsp3) is 0.364. The summed E-state index contributed by atoms with van der Waals surface area (Å²) in [4.78, 5) is 11.6. The summed E-state index contributed by atoms with van der Waals surface area (Å²) in [5.74, 6) is -0.00365. The predicted octanol–water partition coefficient (Wildman–Crippen LogP) is 1.05. The number of amides is 1. The van der Waals surface area contributed by atoms with Gasteiger partial charge in [-0.15, -0.1) is 0 Å². The summed E-state index contributed by atoms with van der Waals surface area (Å²) in [6.45, 7) is 0.514. The molecule has 0 radical (unpaired) electrons. The third-order valence-electron chi connectivity index (χ3n) is 2.59. The average molecular weight is 206 g/mol. The first-order chi connectivity index (χ1) is 7.27. The van der Waals surface area contributed by atoms with Crippen LogP contribution in [0.25, 0.3) is 0 Å². The zero-order chi connectivity index (χ0) is 10.8. The summed E-state index contributed by atoms with van der Waals surface area (Å²) < 4.78 is 5.09. The Morgan fingerprint density at radius 1 is 1.53 bits per heavy atom. The number of carbonyl (C=O) groups is 1. The Kier molecular flexibility index (Phi) is 2.70. The van der Waals surface area contributed by atoms with Gasteiger partial charge in [0.1, 0.15) is 6.04 Å². The molecule has 0 aromatic heterocycles. The van der Waals surface area contributed by atoms with E-state index in [1.54, 1.807) is 14.2 Å². The minimum absolute atomic E-state index is 0.00365. The van der Waals surface area contributed by atoms with E-state index in [1.807, 2.05) is 18.2 Å². The van der Waals surface area contributed by atoms with Crippen LogP contribution in [0.2, 0.25) is 0 Å². The molecule has 2 rings (SSSR count). The molecule has 1 heterocycles. The van der Waals surface area contributed by atoms with Crippen molar-refractivity contribution in [1.29, 1.82) is 0 Å². The van der Waals surface area contributed by atoms with E-state index in [0.717, 1.165) is 16.8 Å². The molecule has 0 bridgehead atoms. The molecule has 0 spiro atoms. The number of methoxy groups -OCH3 is 1. The van der Waals surface area contributed by atoms with Crippen LogP contribution in [-0.4, -0.2) is 20.1 Å². The fourth-order valence-corrected chi connectivity index (χ4v) is 1.91. The van der Waals surface area contributed by atoms with E-state index < -0.39 is 0 Å². The van der Waals surface area contributed by atoms with E-state index in [-0.39, 0.29) is 11.9 Å². The third-order valence-corrected chi connectivity index (χ3v) is 2.59. The Morgan fingerprint density at radius 2 is 2.33 bits per heavy atom. The predicted molar refractivity (Wildman–Crippen MR) is 57.6 cm³/mol. The molecule has 1 amide bonds.